The number of nitrogens with zero attached hydrogens (tertiary/aromatic N) is 1. The molecule has 1 aromatic carbocycles. The number of ether oxygens (including phenoxy) is 2. The zero-order valence-corrected chi connectivity index (χ0v) is 16.6. The van der Waals surface area contributed by atoms with Crippen LogP contribution >= 0.6 is 12.4 Å². The lowest BCUT2D eigenvalue weighted by atomic mass is 9.91. The number of pyridine rings is 1. The van der Waals surface area contributed by atoms with Gasteiger partial charge < -0.3 is 19.8 Å². The number of nitrogens with one attached hydrogen (secondary N) is 2. The first kappa shape index (κ1) is 19.2. The van der Waals surface area contributed by atoms with Crippen LogP contribution in [0.5, 0.6) is 5.88 Å². The molecule has 0 bridgehead atoms. The summed E-state index contributed by atoms with van der Waals surface area (Å²) in [6, 6.07) is 12.4. The first-order valence-corrected chi connectivity index (χ1v) is 9.91. The first-order chi connectivity index (χ1) is 13.4. The second-order valence-electron chi connectivity index (χ2n) is 7.52. The van der Waals surface area contributed by atoms with Gasteiger partial charge in [-0.05, 0) is 49.5 Å². The summed E-state index contributed by atoms with van der Waals surface area (Å²) in [7, 11) is 0. The third kappa shape index (κ3) is 3.88. The van der Waals surface area contributed by atoms with Crippen molar-refractivity contribution in [3.63, 3.8) is 0 Å². The number of piperidine rings is 1. The Morgan fingerprint density at radius 3 is 2.57 bits per heavy atom. The highest BCUT2D eigenvalue weighted by Gasteiger charge is 2.34. The van der Waals surface area contributed by atoms with Crippen molar-refractivity contribution in [1.82, 2.24) is 15.3 Å². The first-order valence-electron chi connectivity index (χ1n) is 9.91. The van der Waals surface area contributed by atoms with Crippen molar-refractivity contribution in [2.24, 2.45) is 0 Å². The molecule has 2 fully saturated rings. The molecule has 2 aliphatic rings. The van der Waals surface area contributed by atoms with E-state index in [0.717, 1.165) is 55.4 Å². The number of aromatic amines is 1. The van der Waals surface area contributed by atoms with Gasteiger partial charge in [-0.3, -0.25) is 0 Å². The van der Waals surface area contributed by atoms with Gasteiger partial charge in [-0.25, -0.2) is 4.98 Å². The molecule has 148 valence electrons. The van der Waals surface area contributed by atoms with E-state index in [2.05, 4.69) is 45.6 Å². The van der Waals surface area contributed by atoms with Crippen molar-refractivity contribution in [1.29, 1.82) is 0 Å². The molecule has 0 unspecified atom stereocenters. The topological polar surface area (TPSA) is 59.2 Å². The van der Waals surface area contributed by atoms with Crippen molar-refractivity contribution in [3.8, 4) is 17.0 Å². The van der Waals surface area contributed by atoms with Crippen LogP contribution in [0.2, 0.25) is 0 Å². The highest BCUT2D eigenvalue weighted by Crippen LogP contribution is 2.36. The Kier molecular flexibility index (Phi) is 5.85. The maximum atomic E-state index is 6.26. The molecule has 5 rings (SSSR count). The quantitative estimate of drug-likeness (QED) is 0.670. The number of fused-ring (bicyclic) bond motifs is 1. The standard InChI is InChI=1S/C22H25N3O2.ClH/c1-3-15-6-12-24-21(15)19(4-1)20-5-2-9-25-22(20)27-18-13-17(14-18)26-16-7-10-23-11-8-16;/h1-6,9,12,16-18,23-24H,7-8,10-11,13-14H2;1H. The largest absolute Gasteiger partial charge is 0.474 e. The van der Waals surface area contributed by atoms with E-state index in [4.69, 9.17) is 9.47 Å². The van der Waals surface area contributed by atoms with Crippen LogP contribution in [0.3, 0.4) is 0 Å². The Hall–Kier alpha value is -2.08. The van der Waals surface area contributed by atoms with Crippen LogP contribution in [0.1, 0.15) is 25.7 Å². The molecule has 3 heterocycles. The molecule has 3 aromatic rings. The number of hydrogen-bond acceptors (Lipinski definition) is 4. The van der Waals surface area contributed by atoms with Gasteiger partial charge in [-0.1, -0.05) is 18.2 Å². The maximum absolute atomic E-state index is 6.26. The predicted octanol–water partition coefficient (Wildman–Crippen LogP) is 4.33. The number of hydrogen-bond donors (Lipinski definition) is 2. The van der Waals surface area contributed by atoms with E-state index in [1.807, 2.05) is 12.3 Å². The Morgan fingerprint density at radius 2 is 1.71 bits per heavy atom. The van der Waals surface area contributed by atoms with Gasteiger partial charge in [0.15, 0.2) is 0 Å². The lowest BCUT2D eigenvalue weighted by Gasteiger charge is -2.38. The average Bonchev–Trinajstić information content (AvgIpc) is 3.16. The second kappa shape index (κ2) is 8.52. The average molecular weight is 400 g/mol. The van der Waals surface area contributed by atoms with Crippen molar-refractivity contribution < 1.29 is 9.47 Å². The zero-order valence-electron chi connectivity index (χ0n) is 15.8. The van der Waals surface area contributed by atoms with Crippen LogP contribution in [0.4, 0.5) is 0 Å². The van der Waals surface area contributed by atoms with E-state index in [9.17, 15) is 0 Å². The maximum Gasteiger partial charge on any atom is 0.221 e. The second-order valence-corrected chi connectivity index (χ2v) is 7.52. The van der Waals surface area contributed by atoms with Gasteiger partial charge >= 0.3 is 0 Å². The molecule has 2 N–H and O–H groups in total. The molecular weight excluding hydrogens is 374 g/mol. The van der Waals surface area contributed by atoms with Crippen molar-refractivity contribution in [3.05, 3.63) is 48.8 Å². The van der Waals surface area contributed by atoms with Crippen LogP contribution in [-0.4, -0.2) is 41.4 Å². The van der Waals surface area contributed by atoms with Gasteiger partial charge in [-0.15, -0.1) is 12.4 Å². The summed E-state index contributed by atoms with van der Waals surface area (Å²) >= 11 is 0. The van der Waals surface area contributed by atoms with Gasteiger partial charge in [-0.2, -0.15) is 0 Å². The molecule has 0 atom stereocenters. The van der Waals surface area contributed by atoms with Gasteiger partial charge in [0, 0.05) is 36.4 Å². The number of rotatable bonds is 5. The molecule has 2 aromatic heterocycles. The molecule has 0 radical (unpaired) electrons. The highest BCUT2D eigenvalue weighted by molar-refractivity contribution is 5.95. The van der Waals surface area contributed by atoms with E-state index < -0.39 is 0 Å². The molecule has 1 aliphatic heterocycles. The van der Waals surface area contributed by atoms with E-state index >= 15 is 0 Å². The van der Waals surface area contributed by atoms with Gasteiger partial charge in [0.05, 0.1) is 17.7 Å². The predicted molar refractivity (Wildman–Crippen MR) is 113 cm³/mol. The van der Waals surface area contributed by atoms with E-state index in [-0.39, 0.29) is 18.5 Å². The Labute approximate surface area is 171 Å². The SMILES string of the molecule is Cl.c1cnc(OC2CC(OC3CCNCC3)C2)c(-c2cccc3cc[nH]c23)c1. The minimum atomic E-state index is 0. The highest BCUT2D eigenvalue weighted by atomic mass is 35.5. The summed E-state index contributed by atoms with van der Waals surface area (Å²) < 4.78 is 12.5. The van der Waals surface area contributed by atoms with Crippen LogP contribution in [-0.2, 0) is 4.74 Å². The Morgan fingerprint density at radius 1 is 0.893 bits per heavy atom. The summed E-state index contributed by atoms with van der Waals surface area (Å²) in [6.07, 6.45) is 8.84. The Balaban J connectivity index is 0.00000192. The molecule has 0 spiro atoms. The summed E-state index contributed by atoms with van der Waals surface area (Å²) in [5.74, 6) is 0.713. The molecular formula is C22H26ClN3O2. The van der Waals surface area contributed by atoms with Gasteiger partial charge in [0.2, 0.25) is 5.88 Å². The molecule has 5 nitrogen and oxygen atoms in total. The summed E-state index contributed by atoms with van der Waals surface area (Å²) in [5, 5.41) is 4.58. The molecule has 28 heavy (non-hydrogen) atoms. The minimum Gasteiger partial charge on any atom is -0.474 e. The fourth-order valence-corrected chi connectivity index (χ4v) is 4.09. The van der Waals surface area contributed by atoms with E-state index in [1.54, 1.807) is 6.20 Å². The fourth-order valence-electron chi connectivity index (χ4n) is 4.09. The number of H-pyrrole nitrogens is 1. The number of halogens is 1. The molecule has 1 saturated carbocycles. The normalized spacial score (nSPS) is 22.4. The van der Waals surface area contributed by atoms with Crippen LogP contribution in [0, 0.1) is 0 Å². The number of para-hydroxylation sites is 1. The third-order valence-corrected chi connectivity index (χ3v) is 5.65. The third-order valence-electron chi connectivity index (χ3n) is 5.65. The molecule has 0 amide bonds. The van der Waals surface area contributed by atoms with E-state index in [1.165, 1.54) is 5.39 Å². The Bertz CT molecular complexity index is 917. The number of aromatic nitrogens is 2. The van der Waals surface area contributed by atoms with Crippen LogP contribution in [0.15, 0.2) is 48.8 Å². The minimum absolute atomic E-state index is 0. The molecule has 1 saturated heterocycles. The van der Waals surface area contributed by atoms with E-state index in [0.29, 0.717) is 18.1 Å². The van der Waals surface area contributed by atoms with Crippen LogP contribution in [0.25, 0.3) is 22.0 Å². The van der Waals surface area contributed by atoms with Crippen LogP contribution < -0.4 is 10.1 Å². The summed E-state index contributed by atoms with van der Waals surface area (Å²) in [6.45, 7) is 2.14. The number of benzene rings is 1. The lowest BCUT2D eigenvalue weighted by molar-refractivity contribution is -0.103. The summed E-state index contributed by atoms with van der Waals surface area (Å²) in [5.41, 5.74) is 3.28. The summed E-state index contributed by atoms with van der Waals surface area (Å²) in [4.78, 5) is 7.86. The monoisotopic (exact) mass is 399 g/mol. The zero-order chi connectivity index (χ0) is 18.1. The van der Waals surface area contributed by atoms with Crippen molar-refractivity contribution >= 4 is 23.3 Å². The lowest BCUT2D eigenvalue weighted by Crippen LogP contribution is -2.43. The fraction of sp³-hybridized carbons (Fsp3) is 0.409. The molecule has 1 aliphatic carbocycles. The smallest absolute Gasteiger partial charge is 0.221 e. The molecule has 6 heteroatoms. The van der Waals surface area contributed by atoms with Gasteiger partial charge in [0.25, 0.3) is 0 Å². The van der Waals surface area contributed by atoms with Crippen molar-refractivity contribution in [2.45, 2.75) is 44.0 Å². The van der Waals surface area contributed by atoms with Gasteiger partial charge in [0.1, 0.15) is 6.10 Å². The van der Waals surface area contributed by atoms with Crippen molar-refractivity contribution in [2.75, 3.05) is 13.1 Å².